The van der Waals surface area contributed by atoms with Crippen LogP contribution in [-0.4, -0.2) is 22.2 Å². The molecule has 27 heavy (non-hydrogen) atoms. The van der Waals surface area contributed by atoms with Crippen LogP contribution in [0.1, 0.15) is 30.3 Å². The fourth-order valence-electron chi connectivity index (χ4n) is 2.83. The molecule has 2 N–H and O–H groups in total. The van der Waals surface area contributed by atoms with Crippen LogP contribution in [-0.2, 0) is 4.79 Å². The highest BCUT2D eigenvalue weighted by Gasteiger charge is 2.19. The molecule has 0 radical (unpaired) electrons. The summed E-state index contributed by atoms with van der Waals surface area (Å²) in [6.45, 7) is 4.38. The summed E-state index contributed by atoms with van der Waals surface area (Å²) in [5.74, 6) is 0.514. The lowest BCUT2D eigenvalue weighted by Crippen LogP contribution is -2.33. The van der Waals surface area contributed by atoms with E-state index in [-0.39, 0.29) is 18.5 Å². The minimum Gasteiger partial charge on any atom is -0.308 e. The summed E-state index contributed by atoms with van der Waals surface area (Å²) < 4.78 is 1.57. The van der Waals surface area contributed by atoms with Crippen molar-refractivity contribution < 1.29 is 4.79 Å². The molecule has 7 heteroatoms. The van der Waals surface area contributed by atoms with Crippen molar-refractivity contribution >= 4 is 23.1 Å². The molecule has 0 aliphatic carbocycles. The van der Waals surface area contributed by atoms with Gasteiger partial charge in [-0.2, -0.15) is 10.4 Å². The zero-order valence-corrected chi connectivity index (χ0v) is 16.0. The number of para-hydroxylation sites is 1. The first-order chi connectivity index (χ1) is 13.1. The Morgan fingerprint density at radius 3 is 2.67 bits per heavy atom. The highest BCUT2D eigenvalue weighted by atomic mass is 32.1. The van der Waals surface area contributed by atoms with Crippen molar-refractivity contribution in [3.63, 3.8) is 0 Å². The number of nitriles is 1. The predicted octanol–water partition coefficient (Wildman–Crippen LogP) is 3.73. The van der Waals surface area contributed by atoms with Gasteiger partial charge in [-0.1, -0.05) is 38.1 Å². The predicted molar refractivity (Wildman–Crippen MR) is 107 cm³/mol. The third-order valence-corrected chi connectivity index (χ3v) is 5.10. The van der Waals surface area contributed by atoms with E-state index >= 15 is 0 Å². The number of carbonyl (C=O) groups excluding carboxylic acids is 1. The zero-order chi connectivity index (χ0) is 19.2. The molecule has 1 aromatic carbocycles. The first kappa shape index (κ1) is 18.8. The third kappa shape index (κ3) is 4.42. The molecular formula is C20H21N5OS. The maximum Gasteiger partial charge on any atom is 0.239 e. The van der Waals surface area contributed by atoms with E-state index in [1.54, 1.807) is 16.0 Å². The number of amides is 1. The van der Waals surface area contributed by atoms with Gasteiger partial charge in [0, 0.05) is 10.9 Å². The number of nitrogens with one attached hydrogen (secondary N) is 2. The van der Waals surface area contributed by atoms with Gasteiger partial charge in [0.15, 0.2) is 5.82 Å². The van der Waals surface area contributed by atoms with E-state index < -0.39 is 0 Å². The summed E-state index contributed by atoms with van der Waals surface area (Å²) in [6.07, 6.45) is 1.46. The lowest BCUT2D eigenvalue weighted by Gasteiger charge is -2.21. The van der Waals surface area contributed by atoms with E-state index in [2.05, 4.69) is 41.7 Å². The minimum atomic E-state index is -0.216. The van der Waals surface area contributed by atoms with Crippen LogP contribution in [0.25, 0.3) is 5.69 Å². The monoisotopic (exact) mass is 379 g/mol. The lowest BCUT2D eigenvalue weighted by molar-refractivity contribution is -0.115. The van der Waals surface area contributed by atoms with Gasteiger partial charge in [0.25, 0.3) is 0 Å². The molecule has 1 atom stereocenters. The highest BCUT2D eigenvalue weighted by Crippen LogP contribution is 2.25. The van der Waals surface area contributed by atoms with Crippen LogP contribution in [0.2, 0.25) is 0 Å². The van der Waals surface area contributed by atoms with E-state index in [1.807, 2.05) is 41.8 Å². The second-order valence-electron chi connectivity index (χ2n) is 6.43. The van der Waals surface area contributed by atoms with Crippen molar-refractivity contribution in [1.29, 1.82) is 5.26 Å². The minimum absolute atomic E-state index is 0.102. The number of nitrogens with zero attached hydrogens (tertiary/aromatic N) is 3. The van der Waals surface area contributed by atoms with Crippen molar-refractivity contribution in [1.82, 2.24) is 15.1 Å². The fraction of sp³-hybridized carbons (Fsp3) is 0.250. The molecule has 2 heterocycles. The zero-order valence-electron chi connectivity index (χ0n) is 15.2. The maximum atomic E-state index is 12.5. The van der Waals surface area contributed by atoms with E-state index in [1.165, 1.54) is 11.1 Å². The molecule has 0 spiro atoms. The number of carbonyl (C=O) groups is 1. The SMILES string of the molecule is CC(C)[C@H](NCC(=O)Nc1c(C#N)cnn1-c1ccccc1)c1cccs1. The second kappa shape index (κ2) is 8.62. The van der Waals surface area contributed by atoms with Gasteiger partial charge in [-0.3, -0.25) is 4.79 Å². The summed E-state index contributed by atoms with van der Waals surface area (Å²) in [6, 6.07) is 15.7. The number of thiophene rings is 1. The summed E-state index contributed by atoms with van der Waals surface area (Å²) in [7, 11) is 0. The molecule has 2 aromatic heterocycles. The summed E-state index contributed by atoms with van der Waals surface area (Å²) in [4.78, 5) is 13.7. The van der Waals surface area contributed by atoms with Crippen molar-refractivity contribution in [2.45, 2.75) is 19.9 Å². The van der Waals surface area contributed by atoms with Gasteiger partial charge < -0.3 is 10.6 Å². The average molecular weight is 379 g/mol. The van der Waals surface area contributed by atoms with E-state index in [0.29, 0.717) is 17.3 Å². The van der Waals surface area contributed by atoms with Crippen LogP contribution in [0, 0.1) is 17.2 Å². The topological polar surface area (TPSA) is 82.7 Å². The fourth-order valence-corrected chi connectivity index (χ4v) is 3.80. The molecule has 1 amide bonds. The first-order valence-corrected chi connectivity index (χ1v) is 9.58. The van der Waals surface area contributed by atoms with Crippen molar-refractivity contribution in [2.24, 2.45) is 5.92 Å². The number of hydrogen-bond donors (Lipinski definition) is 2. The van der Waals surface area contributed by atoms with Crippen LogP contribution in [0.4, 0.5) is 5.82 Å². The van der Waals surface area contributed by atoms with Gasteiger partial charge in [0.05, 0.1) is 18.4 Å². The number of aromatic nitrogens is 2. The van der Waals surface area contributed by atoms with Crippen molar-refractivity contribution in [2.75, 3.05) is 11.9 Å². The molecule has 6 nitrogen and oxygen atoms in total. The van der Waals surface area contributed by atoms with Crippen LogP contribution < -0.4 is 10.6 Å². The first-order valence-electron chi connectivity index (χ1n) is 8.70. The van der Waals surface area contributed by atoms with Gasteiger partial charge in [0.1, 0.15) is 11.6 Å². The highest BCUT2D eigenvalue weighted by molar-refractivity contribution is 7.10. The Morgan fingerprint density at radius 1 is 1.26 bits per heavy atom. The van der Waals surface area contributed by atoms with Crippen molar-refractivity contribution in [3.8, 4) is 11.8 Å². The Balaban J connectivity index is 1.73. The smallest absolute Gasteiger partial charge is 0.239 e. The Kier molecular flexibility index (Phi) is 6.01. The summed E-state index contributed by atoms with van der Waals surface area (Å²) >= 11 is 1.67. The summed E-state index contributed by atoms with van der Waals surface area (Å²) in [5, 5.41) is 21.7. The second-order valence-corrected chi connectivity index (χ2v) is 7.41. The van der Waals surface area contributed by atoms with Gasteiger partial charge in [0.2, 0.25) is 5.91 Å². The number of anilines is 1. The molecule has 0 saturated carbocycles. The van der Waals surface area contributed by atoms with Crippen LogP contribution in [0.3, 0.4) is 0 Å². The molecule has 138 valence electrons. The molecular weight excluding hydrogens is 358 g/mol. The van der Waals surface area contributed by atoms with Crippen LogP contribution >= 0.6 is 11.3 Å². The van der Waals surface area contributed by atoms with Gasteiger partial charge in [-0.05, 0) is 29.5 Å². The molecule has 0 bridgehead atoms. The van der Waals surface area contributed by atoms with Crippen LogP contribution in [0.15, 0.2) is 54.0 Å². The normalized spacial score (nSPS) is 11.9. The summed E-state index contributed by atoms with van der Waals surface area (Å²) in [5.41, 5.74) is 1.10. The van der Waals surface area contributed by atoms with Gasteiger partial charge >= 0.3 is 0 Å². The number of hydrogen-bond acceptors (Lipinski definition) is 5. The largest absolute Gasteiger partial charge is 0.308 e. The molecule has 3 aromatic rings. The Morgan fingerprint density at radius 2 is 2.04 bits per heavy atom. The standard InChI is InChI=1S/C20H21N5OS/c1-14(2)19(17-9-6-10-27-17)22-13-18(26)24-20-15(11-21)12-23-25(20)16-7-4-3-5-8-16/h3-10,12,14,19,22H,13H2,1-2H3,(H,24,26)/t19-/m0/s1. The van der Waals surface area contributed by atoms with Crippen LogP contribution in [0.5, 0.6) is 0 Å². The van der Waals surface area contributed by atoms with E-state index in [0.717, 1.165) is 5.69 Å². The van der Waals surface area contributed by atoms with Gasteiger partial charge in [-0.25, -0.2) is 4.68 Å². The molecule has 0 saturated heterocycles. The molecule has 0 aliphatic heterocycles. The quantitative estimate of drug-likeness (QED) is 0.655. The molecule has 0 aliphatic rings. The third-order valence-electron chi connectivity index (χ3n) is 4.15. The van der Waals surface area contributed by atoms with E-state index in [4.69, 9.17) is 0 Å². The molecule has 0 fully saturated rings. The Bertz CT molecular complexity index is 925. The molecule has 3 rings (SSSR count). The number of rotatable bonds is 7. The Labute approximate surface area is 162 Å². The average Bonchev–Trinajstić information content (AvgIpc) is 3.32. The lowest BCUT2D eigenvalue weighted by atomic mass is 10.0. The van der Waals surface area contributed by atoms with E-state index in [9.17, 15) is 10.1 Å². The Hall–Kier alpha value is -2.95. The molecule has 0 unspecified atom stereocenters. The number of benzene rings is 1. The maximum absolute atomic E-state index is 12.5. The van der Waals surface area contributed by atoms with Gasteiger partial charge in [-0.15, -0.1) is 11.3 Å². The van der Waals surface area contributed by atoms with Crippen molar-refractivity contribution in [3.05, 3.63) is 64.5 Å².